The molecule has 0 spiro atoms. The number of hydrogen-bond donors (Lipinski definition) is 0. The van der Waals surface area contributed by atoms with Gasteiger partial charge in [-0.3, -0.25) is 20.2 Å². The van der Waals surface area contributed by atoms with Crippen molar-refractivity contribution >= 4 is 46.1 Å². The van der Waals surface area contributed by atoms with Crippen LogP contribution in [0.15, 0.2) is 118 Å². The highest BCUT2D eigenvalue weighted by atomic mass is 16.6. The van der Waals surface area contributed by atoms with E-state index in [-0.39, 0.29) is 37.8 Å². The van der Waals surface area contributed by atoms with Crippen LogP contribution < -0.4 is 9.47 Å². The molecule has 0 aliphatic heterocycles. The lowest BCUT2D eigenvalue weighted by Gasteiger charge is -2.25. The normalized spacial score (nSPS) is 12.2. The molecule has 0 N–H and O–H groups in total. The zero-order valence-corrected chi connectivity index (χ0v) is 37.7. The molecule has 0 bridgehead atoms. The Hall–Kier alpha value is -6.66. The number of non-ortho nitro benzene ring substituents is 2. The SMILES string of the molecule is CCCCOC(=O)[C@@H](OCCCCCCOc1ccc(N=Nc2ccc([N+](=O)[O-])cc2)cc1)[C@@H](OCCCCCCOc1ccc(N=Nc2ccc([N+](=O)[O-])cc2)cc1)C(=O)OCCCC. The second-order valence-corrected chi connectivity index (χ2v) is 15.1. The van der Waals surface area contributed by atoms with Crippen molar-refractivity contribution < 1.29 is 47.9 Å². The first kappa shape index (κ1) is 52.0. The van der Waals surface area contributed by atoms with E-state index in [0.717, 1.165) is 51.4 Å². The summed E-state index contributed by atoms with van der Waals surface area (Å²) in [6.07, 6.45) is 6.71. The van der Waals surface area contributed by atoms with Gasteiger partial charge in [-0.25, -0.2) is 9.59 Å². The van der Waals surface area contributed by atoms with Gasteiger partial charge < -0.3 is 28.4 Å². The monoisotopic (exact) mass is 912 g/mol. The highest BCUT2D eigenvalue weighted by Gasteiger charge is 2.38. The largest absolute Gasteiger partial charge is 0.494 e. The van der Waals surface area contributed by atoms with Crippen LogP contribution in [0.2, 0.25) is 0 Å². The van der Waals surface area contributed by atoms with Gasteiger partial charge in [-0.1, -0.05) is 39.5 Å². The lowest BCUT2D eigenvalue weighted by molar-refractivity contribution is -0.385. The molecule has 354 valence electrons. The molecule has 0 aliphatic rings. The van der Waals surface area contributed by atoms with Gasteiger partial charge in [0.05, 0.1) is 59.0 Å². The van der Waals surface area contributed by atoms with E-state index >= 15 is 0 Å². The van der Waals surface area contributed by atoms with Gasteiger partial charge in [0.15, 0.2) is 12.2 Å². The first-order valence-corrected chi connectivity index (χ1v) is 22.5. The number of carbonyl (C=O) groups excluding carboxylic acids is 2. The first-order chi connectivity index (χ1) is 32.2. The molecule has 4 aromatic carbocycles. The van der Waals surface area contributed by atoms with E-state index in [4.69, 9.17) is 28.4 Å². The maximum absolute atomic E-state index is 13.3. The summed E-state index contributed by atoms with van der Waals surface area (Å²) in [6.45, 7) is 5.86. The quantitative estimate of drug-likeness (QED) is 0.0143. The molecular weight excluding hydrogens is 853 g/mol. The number of esters is 2. The molecule has 18 nitrogen and oxygen atoms in total. The number of nitro groups is 2. The molecule has 18 heteroatoms. The molecule has 0 fully saturated rings. The van der Waals surface area contributed by atoms with Crippen LogP contribution in [-0.4, -0.2) is 73.6 Å². The fourth-order valence-corrected chi connectivity index (χ4v) is 6.00. The summed E-state index contributed by atoms with van der Waals surface area (Å²) in [7, 11) is 0. The van der Waals surface area contributed by atoms with E-state index in [1.54, 1.807) is 48.5 Å². The number of hydrogen-bond acceptors (Lipinski definition) is 16. The maximum Gasteiger partial charge on any atom is 0.338 e. The van der Waals surface area contributed by atoms with Crippen molar-refractivity contribution in [2.45, 2.75) is 103 Å². The van der Waals surface area contributed by atoms with Gasteiger partial charge in [-0.05, 0) is 124 Å². The standard InChI is InChI=1S/C48H60N6O12/c1-3-5-31-65-47(55)45(63-35-13-9-7-11-33-61-43-27-19-39(20-28-43)51-49-37-15-23-41(24-16-37)53(57)58)46(48(56)66-32-6-4-2)64-36-14-10-8-12-34-62-44-29-21-40(22-30-44)52-50-38-17-25-42(26-18-38)54(59)60/h15-30,45-46H,3-14,31-36H2,1-2H3/t45-,46+. The van der Waals surface area contributed by atoms with Gasteiger partial charge in [0.25, 0.3) is 11.4 Å². The average molecular weight is 913 g/mol. The van der Waals surface area contributed by atoms with Crippen molar-refractivity contribution in [1.82, 2.24) is 0 Å². The molecule has 0 amide bonds. The molecule has 0 unspecified atom stereocenters. The van der Waals surface area contributed by atoms with E-state index in [2.05, 4.69) is 20.5 Å². The minimum atomic E-state index is -1.26. The lowest BCUT2D eigenvalue weighted by Crippen LogP contribution is -2.46. The molecule has 0 radical (unpaired) electrons. The third kappa shape index (κ3) is 20.0. The highest BCUT2D eigenvalue weighted by molar-refractivity contribution is 5.85. The van der Waals surface area contributed by atoms with Crippen molar-refractivity contribution in [3.8, 4) is 11.5 Å². The van der Waals surface area contributed by atoms with Gasteiger partial charge in [-0.2, -0.15) is 20.5 Å². The minimum Gasteiger partial charge on any atom is -0.494 e. The molecule has 0 saturated heterocycles. The summed E-state index contributed by atoms with van der Waals surface area (Å²) in [5, 5.41) is 38.3. The number of benzene rings is 4. The van der Waals surface area contributed by atoms with Crippen molar-refractivity contribution in [2.75, 3.05) is 39.6 Å². The Morgan fingerprint density at radius 1 is 0.439 bits per heavy atom. The van der Waals surface area contributed by atoms with Crippen LogP contribution in [-0.2, 0) is 28.5 Å². The Bertz CT molecular complexity index is 1950. The summed E-state index contributed by atoms with van der Waals surface area (Å²) < 4.78 is 34.9. The number of ether oxygens (including phenoxy) is 6. The van der Waals surface area contributed by atoms with E-state index < -0.39 is 34.0 Å². The third-order valence-electron chi connectivity index (χ3n) is 9.79. The summed E-state index contributed by atoms with van der Waals surface area (Å²) >= 11 is 0. The van der Waals surface area contributed by atoms with Gasteiger partial charge in [0.2, 0.25) is 0 Å². The van der Waals surface area contributed by atoms with Crippen LogP contribution in [0, 0.1) is 20.2 Å². The third-order valence-corrected chi connectivity index (χ3v) is 9.79. The summed E-state index contributed by atoms with van der Waals surface area (Å²) in [5.41, 5.74) is 2.20. The number of unbranched alkanes of at least 4 members (excludes halogenated alkanes) is 8. The molecule has 0 aromatic heterocycles. The average Bonchev–Trinajstić information content (AvgIpc) is 3.33. The van der Waals surface area contributed by atoms with E-state index in [0.29, 0.717) is 73.1 Å². The number of azo groups is 2. The zero-order valence-electron chi connectivity index (χ0n) is 37.7. The van der Waals surface area contributed by atoms with Gasteiger partial charge in [0, 0.05) is 37.5 Å². The van der Waals surface area contributed by atoms with Gasteiger partial charge >= 0.3 is 11.9 Å². The van der Waals surface area contributed by atoms with Crippen molar-refractivity contribution in [2.24, 2.45) is 20.5 Å². The Balaban J connectivity index is 1.16. The fourth-order valence-electron chi connectivity index (χ4n) is 6.00. The summed E-state index contributed by atoms with van der Waals surface area (Å²) in [4.78, 5) is 47.4. The fraction of sp³-hybridized carbons (Fsp3) is 0.458. The number of nitrogens with zero attached hydrogens (tertiary/aromatic N) is 6. The molecule has 0 aliphatic carbocycles. The van der Waals surface area contributed by atoms with Crippen molar-refractivity contribution in [3.63, 3.8) is 0 Å². The van der Waals surface area contributed by atoms with Crippen LogP contribution in [0.25, 0.3) is 0 Å². The van der Waals surface area contributed by atoms with Crippen LogP contribution in [0.1, 0.15) is 90.9 Å². The minimum absolute atomic E-state index is 0.0125. The number of carbonyl (C=O) groups is 2. The zero-order chi connectivity index (χ0) is 47.2. The molecule has 4 aromatic rings. The molecule has 0 saturated carbocycles. The predicted molar refractivity (Wildman–Crippen MR) is 247 cm³/mol. The van der Waals surface area contributed by atoms with E-state index in [9.17, 15) is 29.8 Å². The Morgan fingerprint density at radius 3 is 1.05 bits per heavy atom. The lowest BCUT2D eigenvalue weighted by atomic mass is 10.1. The van der Waals surface area contributed by atoms with Crippen LogP contribution >= 0.6 is 0 Å². The summed E-state index contributed by atoms with van der Waals surface area (Å²) in [6, 6.07) is 25.9. The second-order valence-electron chi connectivity index (χ2n) is 15.1. The molecule has 66 heavy (non-hydrogen) atoms. The smallest absolute Gasteiger partial charge is 0.338 e. The maximum atomic E-state index is 13.3. The van der Waals surface area contributed by atoms with Gasteiger partial charge in [-0.15, -0.1) is 0 Å². The predicted octanol–water partition coefficient (Wildman–Crippen LogP) is 12.4. The topological polar surface area (TPSA) is 225 Å². The molecule has 4 rings (SSSR count). The Kier molecular flexibility index (Phi) is 24.0. The van der Waals surface area contributed by atoms with Crippen molar-refractivity contribution in [3.05, 3.63) is 117 Å². The Morgan fingerprint density at radius 2 is 0.742 bits per heavy atom. The summed E-state index contributed by atoms with van der Waals surface area (Å²) in [5.74, 6) is 0.0804. The second kappa shape index (κ2) is 30.5. The molecule has 0 heterocycles. The number of nitro benzene ring substituents is 2. The number of rotatable bonds is 33. The van der Waals surface area contributed by atoms with Crippen molar-refractivity contribution in [1.29, 1.82) is 0 Å². The van der Waals surface area contributed by atoms with Crippen LogP contribution in [0.4, 0.5) is 34.1 Å². The first-order valence-electron chi connectivity index (χ1n) is 22.5. The Labute approximate surface area is 385 Å². The molecular formula is C48H60N6O12. The van der Waals surface area contributed by atoms with E-state index in [1.807, 2.05) is 13.8 Å². The molecule has 2 atom stereocenters. The van der Waals surface area contributed by atoms with Crippen LogP contribution in [0.5, 0.6) is 11.5 Å². The highest BCUT2D eigenvalue weighted by Crippen LogP contribution is 2.25. The van der Waals surface area contributed by atoms with Crippen LogP contribution in [0.3, 0.4) is 0 Å². The van der Waals surface area contributed by atoms with E-state index in [1.165, 1.54) is 48.5 Å². The van der Waals surface area contributed by atoms with Gasteiger partial charge in [0.1, 0.15) is 11.5 Å².